The van der Waals surface area contributed by atoms with Crippen LogP contribution < -0.4 is 16.0 Å². The van der Waals surface area contributed by atoms with Gasteiger partial charge in [0.25, 0.3) is 0 Å². The van der Waals surface area contributed by atoms with E-state index in [0.29, 0.717) is 41.2 Å². The number of rotatable bonds is 8. The van der Waals surface area contributed by atoms with Crippen LogP contribution in [0, 0.1) is 0 Å². The highest BCUT2D eigenvalue weighted by Gasteiger charge is 2.29. The van der Waals surface area contributed by atoms with Gasteiger partial charge in [-0.05, 0) is 80.6 Å². The van der Waals surface area contributed by atoms with Crippen molar-refractivity contribution in [3.8, 4) is 0 Å². The van der Waals surface area contributed by atoms with Crippen LogP contribution in [-0.2, 0) is 30.3 Å². The lowest BCUT2D eigenvalue weighted by molar-refractivity contribution is -0.137. The van der Waals surface area contributed by atoms with E-state index in [2.05, 4.69) is 16.0 Å². The first-order chi connectivity index (χ1) is 20.4. The molecule has 2 atom stereocenters. The fourth-order valence-electron chi connectivity index (χ4n) is 4.79. The number of amides is 3. The van der Waals surface area contributed by atoms with Crippen molar-refractivity contribution in [2.75, 3.05) is 10.6 Å². The van der Waals surface area contributed by atoms with Gasteiger partial charge in [-0.15, -0.1) is 0 Å². The number of Topliss-reactive ketones (excluding diaryl/α,β-unsaturated/α-hetero) is 1. The summed E-state index contributed by atoms with van der Waals surface area (Å²) in [5.41, 5.74) is 1.91. The first-order valence-corrected chi connectivity index (χ1v) is 14.4. The standard InChI is InChI=1S/C33H34ClN3O6/c1-33(2,3)43-32(42)21-9-13-24(14-10-21)35-29(39)28(17-20-7-5-4-6-8-20)37-31(41)30(40)36-27-19-23(34)12-16-26(27)22-11-15-25(38)18-22/h4-10,12-14,16,19,22,28H,11,15,17-18H2,1-3H3,(H,35,39)(H,36,40)(H,37,41)/t22?,28-/m0/s1. The van der Waals surface area contributed by atoms with Crippen molar-refractivity contribution in [2.24, 2.45) is 0 Å². The monoisotopic (exact) mass is 603 g/mol. The third kappa shape index (κ3) is 8.99. The zero-order valence-corrected chi connectivity index (χ0v) is 25.0. The summed E-state index contributed by atoms with van der Waals surface area (Å²) in [6.45, 7) is 5.31. The number of anilines is 2. The molecule has 1 saturated carbocycles. The minimum atomic E-state index is -1.10. The molecule has 0 radical (unpaired) electrons. The maximum absolute atomic E-state index is 13.3. The van der Waals surface area contributed by atoms with Crippen LogP contribution in [-0.4, -0.2) is 41.1 Å². The van der Waals surface area contributed by atoms with E-state index in [9.17, 15) is 24.0 Å². The van der Waals surface area contributed by atoms with Gasteiger partial charge < -0.3 is 20.7 Å². The summed E-state index contributed by atoms with van der Waals surface area (Å²) in [6.07, 6.45) is 1.58. The van der Waals surface area contributed by atoms with Gasteiger partial charge in [0.1, 0.15) is 17.4 Å². The van der Waals surface area contributed by atoms with E-state index in [4.69, 9.17) is 16.3 Å². The summed E-state index contributed by atoms with van der Waals surface area (Å²) in [5, 5.41) is 8.26. The molecule has 224 valence electrons. The van der Waals surface area contributed by atoms with Crippen LogP contribution in [0.4, 0.5) is 11.4 Å². The van der Waals surface area contributed by atoms with Crippen LogP contribution in [0.25, 0.3) is 0 Å². The Morgan fingerprint density at radius 3 is 2.26 bits per heavy atom. The SMILES string of the molecule is CC(C)(C)OC(=O)c1ccc(NC(=O)[C@H](Cc2ccccc2)NC(=O)C(=O)Nc2cc(Cl)ccc2C2CCC(=O)C2)cc1. The largest absolute Gasteiger partial charge is 0.456 e. The van der Waals surface area contributed by atoms with Gasteiger partial charge in [0, 0.05) is 35.7 Å². The summed E-state index contributed by atoms with van der Waals surface area (Å²) < 4.78 is 5.37. The molecule has 43 heavy (non-hydrogen) atoms. The van der Waals surface area contributed by atoms with Crippen LogP contribution in [0.5, 0.6) is 0 Å². The van der Waals surface area contributed by atoms with Crippen LogP contribution in [0.1, 0.15) is 67.4 Å². The second-order valence-electron chi connectivity index (χ2n) is 11.4. The number of hydrogen-bond acceptors (Lipinski definition) is 6. The Labute approximate surface area is 255 Å². The molecule has 9 nitrogen and oxygen atoms in total. The highest BCUT2D eigenvalue weighted by Crippen LogP contribution is 2.37. The van der Waals surface area contributed by atoms with Crippen LogP contribution >= 0.6 is 11.6 Å². The second kappa shape index (κ2) is 13.6. The third-order valence-electron chi connectivity index (χ3n) is 6.85. The van der Waals surface area contributed by atoms with Gasteiger partial charge in [0.15, 0.2) is 0 Å². The number of nitrogens with one attached hydrogen (secondary N) is 3. The predicted molar refractivity (Wildman–Crippen MR) is 164 cm³/mol. The normalized spacial score (nSPS) is 15.3. The fourth-order valence-corrected chi connectivity index (χ4v) is 4.96. The Kier molecular flexibility index (Phi) is 9.98. The van der Waals surface area contributed by atoms with Crippen molar-refractivity contribution in [2.45, 2.75) is 64.0 Å². The van der Waals surface area contributed by atoms with E-state index >= 15 is 0 Å². The van der Waals surface area contributed by atoms with E-state index in [1.165, 1.54) is 12.1 Å². The van der Waals surface area contributed by atoms with Gasteiger partial charge in [0.2, 0.25) is 5.91 Å². The summed E-state index contributed by atoms with van der Waals surface area (Å²) in [4.78, 5) is 63.6. The van der Waals surface area contributed by atoms with Gasteiger partial charge in [-0.3, -0.25) is 19.2 Å². The molecular weight excluding hydrogens is 570 g/mol. The number of halogens is 1. The molecule has 0 saturated heterocycles. The number of ketones is 1. The summed E-state index contributed by atoms with van der Waals surface area (Å²) in [5.74, 6) is -2.97. The Bertz CT molecular complexity index is 1520. The van der Waals surface area contributed by atoms with Crippen LogP contribution in [0.15, 0.2) is 72.8 Å². The lowest BCUT2D eigenvalue weighted by atomic mass is 9.96. The second-order valence-corrected chi connectivity index (χ2v) is 11.9. The molecule has 0 bridgehead atoms. The lowest BCUT2D eigenvalue weighted by Gasteiger charge is -2.20. The van der Waals surface area contributed by atoms with Crippen LogP contribution in [0.2, 0.25) is 5.02 Å². The molecule has 1 fully saturated rings. The molecule has 1 unspecified atom stereocenters. The highest BCUT2D eigenvalue weighted by molar-refractivity contribution is 6.40. The van der Waals surface area contributed by atoms with E-state index in [1.807, 2.05) is 30.3 Å². The molecule has 0 aliphatic heterocycles. The summed E-state index contributed by atoms with van der Waals surface area (Å²) >= 11 is 6.17. The van der Waals surface area contributed by atoms with Crippen molar-refractivity contribution in [3.63, 3.8) is 0 Å². The van der Waals surface area contributed by atoms with Crippen molar-refractivity contribution >= 4 is 52.4 Å². The fraction of sp³-hybridized carbons (Fsp3) is 0.303. The maximum Gasteiger partial charge on any atom is 0.338 e. The number of esters is 1. The van der Waals surface area contributed by atoms with Crippen molar-refractivity contribution in [3.05, 3.63) is 94.5 Å². The average Bonchev–Trinajstić information content (AvgIpc) is 3.38. The zero-order chi connectivity index (χ0) is 31.1. The number of hydrogen-bond donors (Lipinski definition) is 3. The molecule has 10 heteroatoms. The minimum Gasteiger partial charge on any atom is -0.456 e. The molecule has 1 aliphatic rings. The molecule has 3 aromatic carbocycles. The molecule has 4 rings (SSSR count). The molecule has 0 heterocycles. The van der Waals surface area contributed by atoms with Gasteiger partial charge >= 0.3 is 17.8 Å². The van der Waals surface area contributed by atoms with E-state index in [-0.39, 0.29) is 18.1 Å². The molecule has 3 aromatic rings. The summed E-state index contributed by atoms with van der Waals surface area (Å²) in [6, 6.07) is 19.1. The predicted octanol–water partition coefficient (Wildman–Crippen LogP) is 5.44. The van der Waals surface area contributed by atoms with Gasteiger partial charge in [-0.2, -0.15) is 0 Å². The topological polar surface area (TPSA) is 131 Å². The zero-order valence-electron chi connectivity index (χ0n) is 24.2. The summed E-state index contributed by atoms with van der Waals surface area (Å²) in [7, 11) is 0. The van der Waals surface area contributed by atoms with Crippen molar-refractivity contribution in [1.29, 1.82) is 0 Å². The number of benzene rings is 3. The molecule has 0 aromatic heterocycles. The maximum atomic E-state index is 13.3. The molecule has 3 amide bonds. The van der Waals surface area contributed by atoms with E-state index < -0.39 is 35.3 Å². The van der Waals surface area contributed by atoms with E-state index in [0.717, 1.165) is 11.1 Å². The van der Waals surface area contributed by atoms with Gasteiger partial charge in [0.05, 0.1) is 5.56 Å². The third-order valence-corrected chi connectivity index (χ3v) is 7.08. The number of carbonyl (C=O) groups is 5. The minimum absolute atomic E-state index is 0.0820. The van der Waals surface area contributed by atoms with Gasteiger partial charge in [-0.1, -0.05) is 48.0 Å². The Morgan fingerprint density at radius 2 is 1.63 bits per heavy atom. The number of carbonyl (C=O) groups excluding carboxylic acids is 5. The van der Waals surface area contributed by atoms with Crippen molar-refractivity contribution < 1.29 is 28.7 Å². The Morgan fingerprint density at radius 1 is 0.930 bits per heavy atom. The smallest absolute Gasteiger partial charge is 0.338 e. The molecular formula is C33H34ClN3O6. The highest BCUT2D eigenvalue weighted by atomic mass is 35.5. The lowest BCUT2D eigenvalue weighted by Crippen LogP contribution is -2.49. The first kappa shape index (κ1) is 31.4. The van der Waals surface area contributed by atoms with Gasteiger partial charge in [-0.25, -0.2) is 4.79 Å². The van der Waals surface area contributed by atoms with Crippen LogP contribution in [0.3, 0.4) is 0 Å². The Balaban J connectivity index is 1.47. The average molecular weight is 604 g/mol. The number of ether oxygens (including phenoxy) is 1. The quantitative estimate of drug-likeness (QED) is 0.232. The molecule has 0 spiro atoms. The first-order valence-electron chi connectivity index (χ1n) is 14.0. The Hall–Kier alpha value is -4.50. The van der Waals surface area contributed by atoms with Crippen molar-refractivity contribution in [1.82, 2.24) is 5.32 Å². The molecule has 1 aliphatic carbocycles. The van der Waals surface area contributed by atoms with E-state index in [1.54, 1.807) is 51.1 Å². The molecule has 3 N–H and O–H groups in total.